The smallest absolute Gasteiger partial charge is 0.347 e. The maximum Gasteiger partial charge on any atom is 0.416 e. The molecule has 1 aromatic carbocycles. The number of rotatable bonds is 4. The minimum absolute atomic E-state index is 0.0302. The highest BCUT2D eigenvalue weighted by Gasteiger charge is 2.29. The fourth-order valence-corrected chi connectivity index (χ4v) is 1.95. The maximum atomic E-state index is 12.5. The third-order valence-corrected chi connectivity index (χ3v) is 3.27. The van der Waals surface area contributed by atoms with E-state index in [0.29, 0.717) is 11.4 Å². The van der Waals surface area contributed by atoms with E-state index in [4.69, 9.17) is 0 Å². The number of nitrogens with one attached hydrogen (secondary N) is 2. The monoisotopic (exact) mass is 339 g/mol. The summed E-state index contributed by atoms with van der Waals surface area (Å²) in [6.07, 6.45) is -4.40. The molecule has 0 bridgehead atoms. The molecule has 0 saturated heterocycles. The van der Waals surface area contributed by atoms with E-state index in [9.17, 15) is 22.8 Å². The second-order valence-corrected chi connectivity index (χ2v) is 5.55. The quantitative estimate of drug-likeness (QED) is 0.899. The summed E-state index contributed by atoms with van der Waals surface area (Å²) in [5, 5.41) is 2.53. The Bertz CT molecular complexity index is 780. The first-order chi connectivity index (χ1) is 11.2. The first-order valence-corrected chi connectivity index (χ1v) is 7.22. The van der Waals surface area contributed by atoms with Gasteiger partial charge in [-0.2, -0.15) is 13.2 Å². The van der Waals surface area contributed by atoms with Gasteiger partial charge in [0.25, 0.3) is 11.5 Å². The zero-order valence-corrected chi connectivity index (χ0v) is 13.1. The number of hydrogen-bond donors (Lipinski definition) is 2. The lowest BCUT2D eigenvalue weighted by Gasteiger charge is -2.09. The van der Waals surface area contributed by atoms with Crippen molar-refractivity contribution < 1.29 is 18.0 Å². The predicted molar refractivity (Wildman–Crippen MR) is 81.6 cm³/mol. The third kappa shape index (κ3) is 4.43. The Kier molecular flexibility index (Phi) is 5.06. The maximum absolute atomic E-state index is 12.5. The van der Waals surface area contributed by atoms with Gasteiger partial charge in [-0.3, -0.25) is 9.59 Å². The molecule has 5 nitrogen and oxygen atoms in total. The van der Waals surface area contributed by atoms with Crippen LogP contribution in [0, 0.1) is 0 Å². The van der Waals surface area contributed by atoms with Crippen molar-refractivity contribution in [2.45, 2.75) is 32.5 Å². The average Bonchev–Trinajstić information content (AvgIpc) is 2.51. The molecule has 0 radical (unpaired) electrons. The number of benzene rings is 1. The van der Waals surface area contributed by atoms with Gasteiger partial charge in [-0.05, 0) is 17.7 Å². The molecule has 1 heterocycles. The predicted octanol–water partition coefficient (Wildman–Crippen LogP) is 2.84. The number of carbonyl (C=O) groups is 1. The molecular formula is C16H16F3N3O2. The standard InChI is InChI=1S/C16H16F3N3O2/c1-9(2)14-21-12(7-13(23)22-14)15(24)20-8-10-3-5-11(6-4-10)16(17,18)19/h3-7,9H,8H2,1-2H3,(H,20,24)(H,21,22,23). The van der Waals surface area contributed by atoms with Crippen molar-refractivity contribution in [2.75, 3.05) is 0 Å². The number of hydrogen-bond acceptors (Lipinski definition) is 3. The summed E-state index contributed by atoms with van der Waals surface area (Å²) in [7, 11) is 0. The van der Waals surface area contributed by atoms with Gasteiger partial charge >= 0.3 is 6.18 Å². The Morgan fingerprint density at radius 3 is 2.42 bits per heavy atom. The minimum Gasteiger partial charge on any atom is -0.347 e. The van der Waals surface area contributed by atoms with Crippen LogP contribution in [0.5, 0.6) is 0 Å². The van der Waals surface area contributed by atoms with Gasteiger partial charge in [0.05, 0.1) is 5.56 Å². The molecule has 0 unspecified atom stereocenters. The van der Waals surface area contributed by atoms with Crippen LogP contribution in [0.25, 0.3) is 0 Å². The molecule has 0 saturated carbocycles. The second kappa shape index (κ2) is 6.86. The fourth-order valence-electron chi connectivity index (χ4n) is 1.95. The van der Waals surface area contributed by atoms with E-state index in [0.717, 1.165) is 18.2 Å². The zero-order chi connectivity index (χ0) is 17.9. The largest absolute Gasteiger partial charge is 0.416 e. The van der Waals surface area contributed by atoms with E-state index >= 15 is 0 Å². The Balaban J connectivity index is 2.07. The van der Waals surface area contributed by atoms with Gasteiger partial charge < -0.3 is 10.3 Å². The molecule has 2 aromatic rings. The summed E-state index contributed by atoms with van der Waals surface area (Å²) in [6, 6.07) is 5.55. The van der Waals surface area contributed by atoms with Crippen molar-refractivity contribution in [1.82, 2.24) is 15.3 Å². The van der Waals surface area contributed by atoms with Crippen LogP contribution in [0.15, 0.2) is 35.1 Å². The van der Waals surface area contributed by atoms with Crippen LogP contribution in [0.1, 0.15) is 47.2 Å². The number of nitrogens with zero attached hydrogens (tertiary/aromatic N) is 1. The van der Waals surface area contributed by atoms with Crippen LogP contribution in [-0.2, 0) is 12.7 Å². The van der Waals surface area contributed by atoms with Crippen molar-refractivity contribution in [3.05, 3.63) is 63.3 Å². The lowest BCUT2D eigenvalue weighted by atomic mass is 10.1. The number of halogens is 3. The molecule has 0 spiro atoms. The van der Waals surface area contributed by atoms with Gasteiger partial charge in [-0.25, -0.2) is 4.98 Å². The van der Waals surface area contributed by atoms with Gasteiger partial charge in [0.15, 0.2) is 0 Å². The summed E-state index contributed by atoms with van der Waals surface area (Å²) in [4.78, 5) is 30.2. The molecule has 1 amide bonds. The number of aromatic amines is 1. The summed E-state index contributed by atoms with van der Waals surface area (Å²) in [5.41, 5.74) is -0.719. The molecule has 0 aliphatic carbocycles. The lowest BCUT2D eigenvalue weighted by Crippen LogP contribution is -2.27. The molecular weight excluding hydrogens is 323 g/mol. The number of carbonyl (C=O) groups excluding carboxylic acids is 1. The van der Waals surface area contributed by atoms with Crippen molar-refractivity contribution in [2.24, 2.45) is 0 Å². The molecule has 0 atom stereocenters. The van der Waals surface area contributed by atoms with Crippen molar-refractivity contribution in [3.63, 3.8) is 0 Å². The summed E-state index contributed by atoms with van der Waals surface area (Å²) in [6.45, 7) is 3.67. The molecule has 24 heavy (non-hydrogen) atoms. The van der Waals surface area contributed by atoms with E-state index in [1.165, 1.54) is 12.1 Å². The van der Waals surface area contributed by atoms with Crippen molar-refractivity contribution in [3.8, 4) is 0 Å². The number of aromatic nitrogens is 2. The van der Waals surface area contributed by atoms with Crippen molar-refractivity contribution in [1.29, 1.82) is 0 Å². The molecule has 2 N–H and O–H groups in total. The molecule has 0 aliphatic rings. The van der Waals surface area contributed by atoms with Crippen LogP contribution in [0.3, 0.4) is 0 Å². The molecule has 128 valence electrons. The summed E-state index contributed by atoms with van der Waals surface area (Å²) in [5.74, 6) is -0.231. The second-order valence-electron chi connectivity index (χ2n) is 5.55. The van der Waals surface area contributed by atoms with E-state index < -0.39 is 23.2 Å². The summed E-state index contributed by atoms with van der Waals surface area (Å²) < 4.78 is 37.5. The Morgan fingerprint density at radius 2 is 1.88 bits per heavy atom. The Hall–Kier alpha value is -2.64. The van der Waals surface area contributed by atoms with E-state index in [1.807, 2.05) is 13.8 Å². The highest BCUT2D eigenvalue weighted by atomic mass is 19.4. The SMILES string of the molecule is CC(C)c1nc(C(=O)NCc2ccc(C(F)(F)F)cc2)cc(=O)[nH]1. The van der Waals surface area contributed by atoms with Crippen LogP contribution in [-0.4, -0.2) is 15.9 Å². The van der Waals surface area contributed by atoms with Gasteiger partial charge in [-0.15, -0.1) is 0 Å². The Labute approximate surface area is 135 Å². The van der Waals surface area contributed by atoms with Crippen LogP contribution >= 0.6 is 0 Å². The first kappa shape index (κ1) is 17.7. The molecule has 8 heteroatoms. The van der Waals surface area contributed by atoms with Crippen LogP contribution in [0.2, 0.25) is 0 Å². The molecule has 2 rings (SSSR count). The number of H-pyrrole nitrogens is 1. The van der Waals surface area contributed by atoms with Gasteiger partial charge in [0.2, 0.25) is 0 Å². The van der Waals surface area contributed by atoms with E-state index in [2.05, 4.69) is 15.3 Å². The van der Waals surface area contributed by atoms with E-state index in [-0.39, 0.29) is 18.2 Å². The number of amides is 1. The third-order valence-electron chi connectivity index (χ3n) is 3.27. The molecule has 0 aliphatic heterocycles. The lowest BCUT2D eigenvalue weighted by molar-refractivity contribution is -0.137. The van der Waals surface area contributed by atoms with Crippen LogP contribution < -0.4 is 10.9 Å². The average molecular weight is 339 g/mol. The normalized spacial score (nSPS) is 11.6. The van der Waals surface area contributed by atoms with E-state index in [1.54, 1.807) is 0 Å². The fraction of sp³-hybridized carbons (Fsp3) is 0.312. The molecule has 1 aromatic heterocycles. The number of alkyl halides is 3. The van der Waals surface area contributed by atoms with Gasteiger partial charge in [-0.1, -0.05) is 26.0 Å². The topological polar surface area (TPSA) is 74.8 Å². The van der Waals surface area contributed by atoms with Crippen molar-refractivity contribution >= 4 is 5.91 Å². The Morgan fingerprint density at radius 1 is 1.25 bits per heavy atom. The summed E-state index contributed by atoms with van der Waals surface area (Å²) >= 11 is 0. The molecule has 0 fully saturated rings. The van der Waals surface area contributed by atoms with Gasteiger partial charge in [0.1, 0.15) is 11.5 Å². The van der Waals surface area contributed by atoms with Crippen LogP contribution in [0.4, 0.5) is 13.2 Å². The van der Waals surface area contributed by atoms with Gasteiger partial charge in [0, 0.05) is 18.5 Å². The zero-order valence-electron chi connectivity index (χ0n) is 13.1. The first-order valence-electron chi connectivity index (χ1n) is 7.22. The highest BCUT2D eigenvalue weighted by Crippen LogP contribution is 2.29. The highest BCUT2D eigenvalue weighted by molar-refractivity contribution is 5.92. The minimum atomic E-state index is -4.40.